The van der Waals surface area contributed by atoms with Crippen molar-refractivity contribution in [3.8, 4) is 0 Å². The van der Waals surface area contributed by atoms with Gasteiger partial charge in [-0.05, 0) is 32.1 Å². The molecule has 7 heteroatoms. The number of aliphatic carboxylic acids is 1. The lowest BCUT2D eigenvalue weighted by molar-refractivity contribution is -0.133. The van der Waals surface area contributed by atoms with Crippen LogP contribution in [0, 0.1) is 11.8 Å². The number of rotatable bonds is 7. The first-order chi connectivity index (χ1) is 9.40. The van der Waals surface area contributed by atoms with Crippen LogP contribution in [-0.2, 0) is 4.79 Å². The largest absolute Gasteiger partial charge is 0.481 e. The van der Waals surface area contributed by atoms with Crippen LogP contribution in [0.1, 0.15) is 33.2 Å². The number of thioether (sulfide) groups is 1. The molecule has 0 spiro atoms. The van der Waals surface area contributed by atoms with Gasteiger partial charge in [-0.2, -0.15) is 0 Å². The van der Waals surface area contributed by atoms with E-state index in [9.17, 15) is 4.79 Å². The fourth-order valence-electron chi connectivity index (χ4n) is 2.29. The Morgan fingerprint density at radius 2 is 2.20 bits per heavy atom. The van der Waals surface area contributed by atoms with Crippen LogP contribution in [0.2, 0.25) is 0 Å². The van der Waals surface area contributed by atoms with Crippen LogP contribution in [-0.4, -0.2) is 45.2 Å². The third kappa shape index (κ3) is 3.45. The first kappa shape index (κ1) is 15.2. The zero-order valence-electron chi connectivity index (χ0n) is 12.4. The SMILES string of the molecule is CC1CC1CN(C)c1nnc(SCC(=O)O)n1C(C)C. The quantitative estimate of drug-likeness (QED) is 0.778. The van der Waals surface area contributed by atoms with Gasteiger partial charge in [-0.1, -0.05) is 18.7 Å². The van der Waals surface area contributed by atoms with Crippen molar-refractivity contribution in [2.45, 2.75) is 38.4 Å². The lowest BCUT2D eigenvalue weighted by atomic mass is 10.3. The minimum atomic E-state index is -0.838. The van der Waals surface area contributed by atoms with E-state index in [1.54, 1.807) is 0 Å². The summed E-state index contributed by atoms with van der Waals surface area (Å²) in [6.45, 7) is 7.37. The van der Waals surface area contributed by atoms with E-state index in [4.69, 9.17) is 5.11 Å². The predicted molar refractivity (Wildman–Crippen MR) is 79.3 cm³/mol. The first-order valence-electron chi connectivity index (χ1n) is 6.90. The zero-order chi connectivity index (χ0) is 14.9. The van der Waals surface area contributed by atoms with Crippen LogP contribution in [0.25, 0.3) is 0 Å². The third-order valence-electron chi connectivity index (χ3n) is 3.61. The number of hydrogen-bond donors (Lipinski definition) is 1. The maximum absolute atomic E-state index is 10.7. The lowest BCUT2D eigenvalue weighted by Crippen LogP contribution is -2.25. The van der Waals surface area contributed by atoms with E-state index in [0.29, 0.717) is 5.16 Å². The highest BCUT2D eigenvalue weighted by Gasteiger charge is 2.34. The smallest absolute Gasteiger partial charge is 0.313 e. The Kier molecular flexibility index (Phi) is 4.57. The van der Waals surface area contributed by atoms with Crippen LogP contribution in [0.3, 0.4) is 0 Å². The van der Waals surface area contributed by atoms with Gasteiger partial charge in [0, 0.05) is 19.6 Å². The number of anilines is 1. The number of carboxylic acid groups (broad SMARTS) is 1. The highest BCUT2D eigenvalue weighted by molar-refractivity contribution is 7.99. The Bertz CT molecular complexity index is 489. The summed E-state index contributed by atoms with van der Waals surface area (Å²) in [4.78, 5) is 12.8. The second kappa shape index (κ2) is 6.03. The molecule has 2 rings (SSSR count). The van der Waals surface area contributed by atoms with E-state index in [-0.39, 0.29) is 11.8 Å². The molecule has 1 N–H and O–H groups in total. The Morgan fingerprint density at radius 1 is 1.55 bits per heavy atom. The molecule has 112 valence electrons. The summed E-state index contributed by atoms with van der Waals surface area (Å²) in [6, 6.07) is 0.204. The van der Waals surface area contributed by atoms with Crippen molar-refractivity contribution in [1.29, 1.82) is 0 Å². The van der Waals surface area contributed by atoms with Gasteiger partial charge in [0.25, 0.3) is 0 Å². The van der Waals surface area contributed by atoms with Crippen LogP contribution >= 0.6 is 11.8 Å². The lowest BCUT2D eigenvalue weighted by Gasteiger charge is -2.21. The highest BCUT2D eigenvalue weighted by atomic mass is 32.2. The summed E-state index contributed by atoms with van der Waals surface area (Å²) >= 11 is 1.22. The second-order valence-corrected chi connectivity index (χ2v) is 6.72. The minimum Gasteiger partial charge on any atom is -0.481 e. The van der Waals surface area contributed by atoms with Crippen molar-refractivity contribution in [3.05, 3.63) is 0 Å². The van der Waals surface area contributed by atoms with Crippen molar-refractivity contribution in [2.75, 3.05) is 24.2 Å². The monoisotopic (exact) mass is 298 g/mol. The molecule has 1 fully saturated rings. The number of nitrogens with zero attached hydrogens (tertiary/aromatic N) is 4. The van der Waals surface area contributed by atoms with Gasteiger partial charge in [0.15, 0.2) is 5.16 Å². The third-order valence-corrected chi connectivity index (χ3v) is 4.54. The maximum atomic E-state index is 10.7. The van der Waals surface area contributed by atoms with E-state index in [2.05, 4.69) is 35.9 Å². The minimum absolute atomic E-state index is 0.00816. The molecule has 2 unspecified atom stereocenters. The summed E-state index contributed by atoms with van der Waals surface area (Å²) in [5.41, 5.74) is 0. The Morgan fingerprint density at radius 3 is 2.70 bits per heavy atom. The molecular formula is C13H22N4O2S. The molecular weight excluding hydrogens is 276 g/mol. The summed E-state index contributed by atoms with van der Waals surface area (Å²) in [5, 5.41) is 17.9. The van der Waals surface area contributed by atoms with Gasteiger partial charge in [0.05, 0.1) is 5.75 Å². The fraction of sp³-hybridized carbons (Fsp3) is 0.769. The molecule has 2 atom stereocenters. The molecule has 0 amide bonds. The first-order valence-corrected chi connectivity index (χ1v) is 7.89. The summed E-state index contributed by atoms with van der Waals surface area (Å²) in [6.07, 6.45) is 1.28. The average Bonchev–Trinajstić information content (AvgIpc) is 2.91. The van der Waals surface area contributed by atoms with Crippen LogP contribution in [0.4, 0.5) is 5.95 Å². The zero-order valence-corrected chi connectivity index (χ0v) is 13.2. The van der Waals surface area contributed by atoms with E-state index in [1.165, 1.54) is 18.2 Å². The number of aromatic nitrogens is 3. The van der Waals surface area contributed by atoms with Crippen LogP contribution in [0.5, 0.6) is 0 Å². The van der Waals surface area contributed by atoms with E-state index in [1.807, 2.05) is 11.6 Å². The van der Waals surface area contributed by atoms with Gasteiger partial charge in [0.1, 0.15) is 0 Å². The molecule has 1 aliphatic rings. The van der Waals surface area contributed by atoms with E-state index < -0.39 is 5.97 Å². The molecule has 1 heterocycles. The maximum Gasteiger partial charge on any atom is 0.313 e. The molecule has 20 heavy (non-hydrogen) atoms. The van der Waals surface area contributed by atoms with Gasteiger partial charge in [0.2, 0.25) is 5.95 Å². The van der Waals surface area contributed by atoms with Crippen LogP contribution < -0.4 is 4.90 Å². The summed E-state index contributed by atoms with van der Waals surface area (Å²) in [7, 11) is 2.03. The Balaban J connectivity index is 2.13. The van der Waals surface area contributed by atoms with Gasteiger partial charge in [-0.15, -0.1) is 10.2 Å². The molecule has 1 aromatic rings. The van der Waals surface area contributed by atoms with Gasteiger partial charge in [-0.3, -0.25) is 9.36 Å². The van der Waals surface area contributed by atoms with Gasteiger partial charge < -0.3 is 10.0 Å². The molecule has 0 bridgehead atoms. The molecule has 1 aliphatic carbocycles. The molecule has 1 aromatic heterocycles. The number of hydrogen-bond acceptors (Lipinski definition) is 5. The second-order valence-electron chi connectivity index (χ2n) is 5.78. The van der Waals surface area contributed by atoms with Crippen molar-refractivity contribution in [1.82, 2.24) is 14.8 Å². The molecule has 0 radical (unpaired) electrons. The van der Waals surface area contributed by atoms with Crippen molar-refractivity contribution in [2.24, 2.45) is 11.8 Å². The van der Waals surface area contributed by atoms with E-state index >= 15 is 0 Å². The molecule has 0 aliphatic heterocycles. The molecule has 0 saturated heterocycles. The van der Waals surface area contributed by atoms with Crippen molar-refractivity contribution >= 4 is 23.7 Å². The average molecular weight is 298 g/mol. The van der Waals surface area contributed by atoms with Crippen molar-refractivity contribution in [3.63, 3.8) is 0 Å². The summed E-state index contributed by atoms with van der Waals surface area (Å²) < 4.78 is 2.01. The molecule has 0 aromatic carbocycles. The van der Waals surface area contributed by atoms with Crippen molar-refractivity contribution < 1.29 is 9.90 Å². The van der Waals surface area contributed by atoms with E-state index in [0.717, 1.165) is 24.3 Å². The normalized spacial score (nSPS) is 21.2. The highest BCUT2D eigenvalue weighted by Crippen LogP contribution is 2.39. The van der Waals surface area contributed by atoms with Gasteiger partial charge in [-0.25, -0.2) is 0 Å². The predicted octanol–water partition coefficient (Wildman–Crippen LogP) is 2.13. The number of carboxylic acids is 1. The topological polar surface area (TPSA) is 71.2 Å². The summed E-state index contributed by atoms with van der Waals surface area (Å²) in [5.74, 6) is 1.54. The van der Waals surface area contributed by atoms with Gasteiger partial charge >= 0.3 is 5.97 Å². The molecule has 1 saturated carbocycles. The molecule has 6 nitrogen and oxygen atoms in total. The fourth-order valence-corrected chi connectivity index (χ4v) is 3.08. The van der Waals surface area contributed by atoms with Crippen LogP contribution in [0.15, 0.2) is 5.16 Å². The Hall–Kier alpha value is -1.24. The Labute approximate surface area is 123 Å². The standard InChI is InChI=1S/C13H22N4O2S/c1-8(2)17-12(16(4)6-10-5-9(10)3)14-15-13(17)20-7-11(18)19/h8-10H,5-7H2,1-4H3,(H,18,19). The number of carbonyl (C=O) groups is 1.